The molecule has 0 aliphatic rings. The highest BCUT2D eigenvalue weighted by atomic mass is 16.5. The summed E-state index contributed by atoms with van der Waals surface area (Å²) in [6, 6.07) is 5.19. The Morgan fingerprint density at radius 1 is 1.03 bits per heavy atom. The van der Waals surface area contributed by atoms with E-state index in [0.29, 0.717) is 57.9 Å². The second kappa shape index (κ2) is 10.2. The Labute approximate surface area is 201 Å². The fourth-order valence-corrected chi connectivity index (χ4v) is 3.42. The minimum atomic E-state index is -0.265. The maximum atomic E-state index is 12.5. The lowest BCUT2D eigenvalue weighted by atomic mass is 10.2. The van der Waals surface area contributed by atoms with Crippen LogP contribution in [0.25, 0.3) is 10.9 Å². The van der Waals surface area contributed by atoms with Crippen molar-refractivity contribution in [2.45, 2.75) is 27.2 Å². The molecule has 3 aromatic heterocycles. The molecule has 2 N–H and O–H groups in total. The molecule has 1 aromatic carbocycles. The maximum Gasteiger partial charge on any atom is 0.231 e. The van der Waals surface area contributed by atoms with Crippen LogP contribution in [-0.2, 0) is 11.2 Å². The second-order valence-electron chi connectivity index (χ2n) is 7.60. The Morgan fingerprint density at radius 2 is 1.83 bits per heavy atom. The molecule has 0 saturated carbocycles. The number of hydrogen-bond acceptors (Lipinski definition) is 9. The summed E-state index contributed by atoms with van der Waals surface area (Å²) in [4.78, 5) is 25.5. The van der Waals surface area contributed by atoms with Crippen LogP contribution in [-0.4, -0.2) is 51.9 Å². The molecule has 4 aromatic rings. The lowest BCUT2D eigenvalue weighted by Crippen LogP contribution is -2.16. The van der Waals surface area contributed by atoms with E-state index in [4.69, 9.17) is 18.9 Å². The van der Waals surface area contributed by atoms with Crippen molar-refractivity contribution in [3.8, 4) is 28.9 Å². The molecule has 182 valence electrons. The Hall–Kier alpha value is -4.41. The first-order valence-corrected chi connectivity index (χ1v) is 10.9. The van der Waals surface area contributed by atoms with Gasteiger partial charge in [0.1, 0.15) is 12.1 Å². The summed E-state index contributed by atoms with van der Waals surface area (Å²) in [5, 5.41) is 10.4. The predicted octanol–water partition coefficient (Wildman–Crippen LogP) is 3.75. The molecule has 0 aliphatic carbocycles. The van der Waals surface area contributed by atoms with E-state index in [-0.39, 0.29) is 12.3 Å². The zero-order valence-electron chi connectivity index (χ0n) is 20.1. The van der Waals surface area contributed by atoms with E-state index in [9.17, 15) is 4.79 Å². The molecule has 0 saturated heterocycles. The third kappa shape index (κ3) is 5.08. The summed E-state index contributed by atoms with van der Waals surface area (Å²) < 4.78 is 22.5. The minimum Gasteiger partial charge on any atom is -0.495 e. The van der Waals surface area contributed by atoms with Crippen LogP contribution in [0.15, 0.2) is 30.7 Å². The molecular weight excluding hydrogens is 452 g/mol. The molecule has 0 unspecified atom stereocenters. The van der Waals surface area contributed by atoms with Crippen LogP contribution in [0.1, 0.15) is 23.9 Å². The SMILES string of the molecule is CCOc1cc2c(Oc3cnc(CC(=O)Nc4n[nH]c(C)c4C)c(OC)c3)ncnc2cc1OC. The van der Waals surface area contributed by atoms with E-state index in [1.54, 1.807) is 25.3 Å². The van der Waals surface area contributed by atoms with Crippen LogP contribution in [0.2, 0.25) is 0 Å². The van der Waals surface area contributed by atoms with Gasteiger partial charge in [-0.3, -0.25) is 14.9 Å². The van der Waals surface area contributed by atoms with Crippen LogP contribution in [0.5, 0.6) is 28.9 Å². The average Bonchev–Trinajstić information content (AvgIpc) is 3.17. The first-order chi connectivity index (χ1) is 16.9. The molecule has 1 amide bonds. The molecule has 0 fully saturated rings. The first kappa shape index (κ1) is 23.7. The number of fused-ring (bicyclic) bond motifs is 1. The predicted molar refractivity (Wildman–Crippen MR) is 129 cm³/mol. The van der Waals surface area contributed by atoms with Gasteiger partial charge in [-0.25, -0.2) is 9.97 Å². The number of methoxy groups -OCH3 is 2. The number of aromatic nitrogens is 5. The van der Waals surface area contributed by atoms with Crippen molar-refractivity contribution in [2.75, 3.05) is 26.1 Å². The van der Waals surface area contributed by atoms with Gasteiger partial charge in [0.25, 0.3) is 0 Å². The number of benzene rings is 1. The second-order valence-corrected chi connectivity index (χ2v) is 7.60. The van der Waals surface area contributed by atoms with E-state index in [0.717, 1.165) is 11.3 Å². The number of hydrogen-bond donors (Lipinski definition) is 2. The summed E-state index contributed by atoms with van der Waals surface area (Å²) in [5.41, 5.74) is 2.86. The number of rotatable bonds is 9. The number of amides is 1. The summed E-state index contributed by atoms with van der Waals surface area (Å²) in [5.74, 6) is 2.46. The zero-order valence-corrected chi connectivity index (χ0v) is 20.1. The van der Waals surface area contributed by atoms with Crippen molar-refractivity contribution in [2.24, 2.45) is 0 Å². The molecule has 11 nitrogen and oxygen atoms in total. The smallest absolute Gasteiger partial charge is 0.231 e. The number of nitrogens with one attached hydrogen (secondary N) is 2. The van der Waals surface area contributed by atoms with Gasteiger partial charge in [-0.15, -0.1) is 0 Å². The standard InChI is InChI=1S/C24H26N6O5/c1-6-34-21-8-16-17(9-20(21)33-5)26-12-27-24(16)35-15-7-19(32-4)18(25-11-15)10-22(31)28-23-13(2)14(3)29-30-23/h7-9,11-12H,6,10H2,1-5H3,(H2,28,29,30,31). The Balaban J connectivity index is 1.57. The molecule has 11 heteroatoms. The van der Waals surface area contributed by atoms with Crippen molar-refractivity contribution in [1.29, 1.82) is 0 Å². The van der Waals surface area contributed by atoms with Crippen molar-refractivity contribution in [3.63, 3.8) is 0 Å². The lowest BCUT2D eigenvalue weighted by molar-refractivity contribution is -0.115. The number of anilines is 1. The molecule has 4 rings (SSSR count). The molecule has 0 atom stereocenters. The lowest BCUT2D eigenvalue weighted by Gasteiger charge is -2.13. The van der Waals surface area contributed by atoms with Crippen LogP contribution in [0, 0.1) is 13.8 Å². The third-order valence-electron chi connectivity index (χ3n) is 5.36. The summed E-state index contributed by atoms with van der Waals surface area (Å²) >= 11 is 0. The van der Waals surface area contributed by atoms with Gasteiger partial charge in [-0.2, -0.15) is 5.10 Å². The van der Waals surface area contributed by atoms with E-state index >= 15 is 0 Å². The van der Waals surface area contributed by atoms with Crippen LogP contribution in [0.4, 0.5) is 5.82 Å². The number of carbonyl (C=O) groups is 1. The van der Waals surface area contributed by atoms with Gasteiger partial charge in [0, 0.05) is 23.4 Å². The van der Waals surface area contributed by atoms with Gasteiger partial charge in [0.05, 0.1) is 50.0 Å². The minimum absolute atomic E-state index is 0.00273. The van der Waals surface area contributed by atoms with Crippen molar-refractivity contribution < 1.29 is 23.7 Å². The molecule has 0 spiro atoms. The topological polar surface area (TPSA) is 133 Å². The summed E-state index contributed by atoms with van der Waals surface area (Å²) in [6.45, 7) is 6.13. The largest absolute Gasteiger partial charge is 0.495 e. The Kier molecular flexibility index (Phi) is 6.95. The quantitative estimate of drug-likeness (QED) is 0.369. The third-order valence-corrected chi connectivity index (χ3v) is 5.36. The fourth-order valence-electron chi connectivity index (χ4n) is 3.42. The summed E-state index contributed by atoms with van der Waals surface area (Å²) in [7, 11) is 3.07. The normalized spacial score (nSPS) is 10.8. The first-order valence-electron chi connectivity index (χ1n) is 10.9. The zero-order chi connectivity index (χ0) is 24.9. The van der Waals surface area contributed by atoms with Crippen molar-refractivity contribution in [1.82, 2.24) is 25.1 Å². The average molecular weight is 479 g/mol. The highest BCUT2D eigenvalue weighted by molar-refractivity contribution is 5.92. The molecule has 3 heterocycles. The number of ether oxygens (including phenoxy) is 4. The van der Waals surface area contributed by atoms with E-state index in [1.807, 2.05) is 20.8 Å². The van der Waals surface area contributed by atoms with E-state index < -0.39 is 0 Å². The molecule has 0 aliphatic heterocycles. The van der Waals surface area contributed by atoms with Crippen molar-refractivity contribution >= 4 is 22.6 Å². The van der Waals surface area contributed by atoms with Gasteiger partial charge in [0.15, 0.2) is 23.1 Å². The van der Waals surface area contributed by atoms with Crippen molar-refractivity contribution in [3.05, 3.63) is 47.7 Å². The van der Waals surface area contributed by atoms with Gasteiger partial charge in [-0.05, 0) is 26.8 Å². The van der Waals surface area contributed by atoms with Crippen LogP contribution < -0.4 is 24.3 Å². The van der Waals surface area contributed by atoms with Crippen LogP contribution in [0.3, 0.4) is 0 Å². The summed E-state index contributed by atoms with van der Waals surface area (Å²) in [6.07, 6.45) is 2.91. The fraction of sp³-hybridized carbons (Fsp3) is 0.292. The number of carbonyl (C=O) groups excluding carboxylic acids is 1. The number of pyridine rings is 1. The van der Waals surface area contributed by atoms with Gasteiger partial charge >= 0.3 is 0 Å². The van der Waals surface area contributed by atoms with Gasteiger partial charge in [-0.1, -0.05) is 0 Å². The molecule has 35 heavy (non-hydrogen) atoms. The van der Waals surface area contributed by atoms with Gasteiger partial charge in [0.2, 0.25) is 11.8 Å². The highest BCUT2D eigenvalue weighted by Gasteiger charge is 2.17. The van der Waals surface area contributed by atoms with Gasteiger partial charge < -0.3 is 24.3 Å². The Morgan fingerprint density at radius 3 is 2.51 bits per heavy atom. The number of aromatic amines is 1. The Bertz CT molecular complexity index is 1370. The van der Waals surface area contributed by atoms with E-state index in [1.165, 1.54) is 19.6 Å². The monoisotopic (exact) mass is 478 g/mol. The van der Waals surface area contributed by atoms with E-state index in [2.05, 4.69) is 30.5 Å². The highest BCUT2D eigenvalue weighted by Crippen LogP contribution is 2.36. The maximum absolute atomic E-state index is 12.5. The number of nitrogens with zero attached hydrogens (tertiary/aromatic N) is 4. The molecular formula is C24H26N6O5. The number of aryl methyl sites for hydroxylation is 1. The number of H-pyrrole nitrogens is 1. The molecule has 0 radical (unpaired) electrons. The van der Waals surface area contributed by atoms with Crippen LogP contribution >= 0.6 is 0 Å². The molecule has 0 bridgehead atoms.